The van der Waals surface area contributed by atoms with Crippen molar-refractivity contribution in [2.75, 3.05) is 0 Å². The van der Waals surface area contributed by atoms with Crippen molar-refractivity contribution >= 4 is 10.9 Å². The number of para-hydroxylation sites is 1. The van der Waals surface area contributed by atoms with Gasteiger partial charge in [-0.15, -0.1) is 0 Å². The van der Waals surface area contributed by atoms with Crippen LogP contribution in [0.25, 0.3) is 10.9 Å². The van der Waals surface area contributed by atoms with E-state index in [0.29, 0.717) is 24.9 Å². The van der Waals surface area contributed by atoms with E-state index >= 15 is 0 Å². The summed E-state index contributed by atoms with van der Waals surface area (Å²) in [6.07, 6.45) is 2.53. The Morgan fingerprint density at radius 2 is 1.38 bits per heavy atom. The van der Waals surface area contributed by atoms with Gasteiger partial charge in [-0.3, -0.25) is 0 Å². The fraction of sp³-hybridized carbons (Fsp3) is 0.176. The first kappa shape index (κ1) is 23.3. The van der Waals surface area contributed by atoms with Gasteiger partial charge >= 0.3 is 0 Å². The molecule has 0 spiro atoms. The molecule has 2 unspecified atom stereocenters. The Kier molecular flexibility index (Phi) is 5.93. The summed E-state index contributed by atoms with van der Waals surface area (Å²) in [4.78, 5) is 0. The summed E-state index contributed by atoms with van der Waals surface area (Å²) in [7, 11) is 0. The molecule has 1 fully saturated rings. The highest BCUT2D eigenvalue weighted by molar-refractivity contribution is 5.84. The lowest BCUT2D eigenvalue weighted by Crippen LogP contribution is -2.39. The fourth-order valence-electron chi connectivity index (χ4n) is 5.52. The van der Waals surface area contributed by atoms with Gasteiger partial charge in [-0.25, -0.2) is 0 Å². The van der Waals surface area contributed by atoms with Crippen LogP contribution in [0.4, 0.5) is 0 Å². The molecule has 1 aromatic heterocycles. The summed E-state index contributed by atoms with van der Waals surface area (Å²) in [5, 5.41) is 25.4. The molecule has 2 N–H and O–H groups in total. The lowest BCUT2D eigenvalue weighted by molar-refractivity contribution is -0.0555. The molecule has 1 aliphatic rings. The zero-order valence-corrected chi connectivity index (χ0v) is 20.6. The molecule has 0 radical (unpaired) electrons. The molecule has 0 bridgehead atoms. The first-order chi connectivity index (χ1) is 18.1. The highest BCUT2D eigenvalue weighted by Gasteiger charge is 2.64. The second-order valence-electron chi connectivity index (χ2n) is 9.97. The molecule has 1 saturated carbocycles. The fourth-order valence-corrected chi connectivity index (χ4v) is 5.52. The van der Waals surface area contributed by atoms with Crippen LogP contribution in [0.2, 0.25) is 0 Å². The van der Waals surface area contributed by atoms with Gasteiger partial charge in [0.05, 0.1) is 6.10 Å². The largest absolute Gasteiger partial charge is 0.388 e. The van der Waals surface area contributed by atoms with Crippen LogP contribution in [0.3, 0.4) is 0 Å². The molecule has 6 rings (SSSR count). The van der Waals surface area contributed by atoms with E-state index < -0.39 is 17.1 Å². The molecule has 4 aromatic carbocycles. The van der Waals surface area contributed by atoms with Crippen molar-refractivity contribution < 1.29 is 10.2 Å². The number of nitrogens with zero attached hydrogens (tertiary/aromatic N) is 1. The van der Waals surface area contributed by atoms with Crippen molar-refractivity contribution in [2.45, 2.75) is 31.1 Å². The van der Waals surface area contributed by atoms with Gasteiger partial charge in [0.1, 0.15) is 0 Å². The summed E-state index contributed by atoms with van der Waals surface area (Å²) in [6, 6.07) is 37.8. The number of rotatable bonds is 6. The van der Waals surface area contributed by atoms with Crippen molar-refractivity contribution in [1.29, 1.82) is 0 Å². The summed E-state index contributed by atoms with van der Waals surface area (Å²) >= 11 is 0. The first-order valence-corrected chi connectivity index (χ1v) is 12.8. The maximum absolute atomic E-state index is 12.3. The van der Waals surface area contributed by atoms with Crippen LogP contribution in [0, 0.1) is 17.3 Å². The molecular weight excluding hydrogens is 454 g/mol. The van der Waals surface area contributed by atoms with Crippen LogP contribution >= 0.6 is 0 Å². The third-order valence-electron chi connectivity index (χ3n) is 7.70. The maximum Gasteiger partial charge on any atom is 0.159 e. The Bertz CT molecular complexity index is 1570. The molecule has 1 aliphatic carbocycles. The SMILES string of the molecule is OC(c1cn(Cc2ccccc2)c2ccccc12)C1(C(O)(C#Cc2ccccc2)c2ccccc2)CC1. The van der Waals surface area contributed by atoms with E-state index in [0.717, 1.165) is 22.0 Å². The standard InChI is InChI=1S/C34H29NO2/c36-32(30-25-35(24-27-14-6-2-7-15-27)31-19-11-10-18-29(30)31)33(22-23-33)34(37,28-16-8-3-9-17-28)21-20-26-12-4-1-5-13-26/h1-19,25,32,36-37H,22-24H2. The average molecular weight is 484 g/mol. The minimum atomic E-state index is -1.51. The van der Waals surface area contributed by atoms with Gasteiger partial charge in [-0.2, -0.15) is 0 Å². The van der Waals surface area contributed by atoms with Gasteiger partial charge < -0.3 is 14.8 Å². The van der Waals surface area contributed by atoms with Gasteiger partial charge in [-0.1, -0.05) is 109 Å². The van der Waals surface area contributed by atoms with Crippen LogP contribution < -0.4 is 0 Å². The molecule has 2 atom stereocenters. The Balaban J connectivity index is 1.45. The van der Waals surface area contributed by atoms with E-state index in [1.165, 1.54) is 5.56 Å². The second kappa shape index (κ2) is 9.41. The van der Waals surface area contributed by atoms with Crippen LogP contribution in [-0.2, 0) is 12.1 Å². The Hall–Kier alpha value is -4.10. The molecule has 3 nitrogen and oxygen atoms in total. The third-order valence-corrected chi connectivity index (χ3v) is 7.70. The predicted molar refractivity (Wildman–Crippen MR) is 148 cm³/mol. The normalized spacial score (nSPS) is 16.4. The molecule has 1 heterocycles. The summed E-state index contributed by atoms with van der Waals surface area (Å²) in [5.74, 6) is 6.41. The lowest BCUT2D eigenvalue weighted by atomic mass is 9.73. The number of hydrogen-bond donors (Lipinski definition) is 2. The molecule has 37 heavy (non-hydrogen) atoms. The number of aromatic nitrogens is 1. The molecule has 3 heteroatoms. The average Bonchev–Trinajstić information content (AvgIpc) is 3.71. The minimum absolute atomic E-state index is 0.682. The van der Waals surface area contributed by atoms with E-state index in [2.05, 4.69) is 46.9 Å². The van der Waals surface area contributed by atoms with Crippen molar-refractivity contribution in [3.05, 3.63) is 144 Å². The number of aliphatic hydroxyl groups is 2. The number of aliphatic hydroxyl groups excluding tert-OH is 1. The Labute approximate surface area is 217 Å². The Morgan fingerprint density at radius 1 is 0.784 bits per heavy atom. The van der Waals surface area contributed by atoms with Gasteiger partial charge in [0.2, 0.25) is 0 Å². The van der Waals surface area contributed by atoms with Gasteiger partial charge in [0, 0.05) is 40.2 Å². The number of fused-ring (bicyclic) bond motifs is 1. The van der Waals surface area contributed by atoms with Crippen LogP contribution in [0.5, 0.6) is 0 Å². The topological polar surface area (TPSA) is 45.4 Å². The minimum Gasteiger partial charge on any atom is -0.388 e. The molecule has 182 valence electrons. The van der Waals surface area contributed by atoms with Crippen molar-refractivity contribution in [2.24, 2.45) is 5.41 Å². The molecular formula is C34H29NO2. The summed E-state index contributed by atoms with van der Waals surface area (Å²) in [6.45, 7) is 0.706. The Morgan fingerprint density at radius 3 is 2.05 bits per heavy atom. The lowest BCUT2D eigenvalue weighted by Gasteiger charge is -2.36. The predicted octanol–water partition coefficient (Wildman–Crippen LogP) is 6.44. The van der Waals surface area contributed by atoms with E-state index in [9.17, 15) is 10.2 Å². The third kappa shape index (κ3) is 4.15. The van der Waals surface area contributed by atoms with Gasteiger partial charge in [0.15, 0.2) is 5.60 Å². The van der Waals surface area contributed by atoms with Gasteiger partial charge in [0.25, 0.3) is 0 Å². The molecule has 0 amide bonds. The van der Waals surface area contributed by atoms with Crippen LogP contribution in [-0.4, -0.2) is 14.8 Å². The molecule has 0 aliphatic heterocycles. The van der Waals surface area contributed by atoms with Crippen LogP contribution in [0.1, 0.15) is 41.2 Å². The van der Waals surface area contributed by atoms with E-state index in [1.54, 1.807) is 0 Å². The number of benzene rings is 4. The highest BCUT2D eigenvalue weighted by Crippen LogP contribution is 2.65. The molecule has 5 aromatic rings. The highest BCUT2D eigenvalue weighted by atomic mass is 16.3. The van der Waals surface area contributed by atoms with Crippen molar-refractivity contribution in [3.8, 4) is 11.8 Å². The summed E-state index contributed by atoms with van der Waals surface area (Å²) in [5.41, 5.74) is 2.32. The van der Waals surface area contributed by atoms with Crippen LogP contribution in [0.15, 0.2) is 121 Å². The zero-order chi connectivity index (χ0) is 25.3. The van der Waals surface area contributed by atoms with E-state index in [-0.39, 0.29) is 0 Å². The summed E-state index contributed by atoms with van der Waals surface area (Å²) < 4.78 is 2.19. The van der Waals surface area contributed by atoms with Crippen molar-refractivity contribution in [1.82, 2.24) is 4.57 Å². The zero-order valence-electron chi connectivity index (χ0n) is 20.6. The number of hydrogen-bond acceptors (Lipinski definition) is 2. The van der Waals surface area contributed by atoms with E-state index in [4.69, 9.17) is 0 Å². The van der Waals surface area contributed by atoms with Crippen molar-refractivity contribution in [3.63, 3.8) is 0 Å². The maximum atomic E-state index is 12.3. The van der Waals surface area contributed by atoms with E-state index in [1.807, 2.05) is 91.0 Å². The second-order valence-corrected chi connectivity index (χ2v) is 9.97. The molecule has 0 saturated heterocycles. The quantitative estimate of drug-likeness (QED) is 0.273. The smallest absolute Gasteiger partial charge is 0.159 e. The van der Waals surface area contributed by atoms with Gasteiger partial charge in [-0.05, 0) is 42.2 Å². The monoisotopic (exact) mass is 483 g/mol. The first-order valence-electron chi connectivity index (χ1n) is 12.8.